The van der Waals surface area contributed by atoms with Crippen molar-refractivity contribution in [3.8, 4) is 22.8 Å². The van der Waals surface area contributed by atoms with Gasteiger partial charge >= 0.3 is 12.2 Å². The Hall–Kier alpha value is -5.07. The van der Waals surface area contributed by atoms with Crippen molar-refractivity contribution in [3.63, 3.8) is 0 Å². The van der Waals surface area contributed by atoms with Crippen molar-refractivity contribution < 1.29 is 31.5 Å². The number of aromatic amines is 1. The molecule has 0 bridgehead atoms. The second-order valence-corrected chi connectivity index (χ2v) is 7.92. The molecular weight excluding hydrogens is 511 g/mol. The number of halogens is 5. The van der Waals surface area contributed by atoms with Crippen LogP contribution in [-0.2, 0) is 6.18 Å². The van der Waals surface area contributed by atoms with Gasteiger partial charge in [0, 0.05) is 41.3 Å². The fourth-order valence-corrected chi connectivity index (χ4v) is 3.49. The number of carbonyl (C=O) groups is 1. The van der Waals surface area contributed by atoms with Gasteiger partial charge in [0.05, 0.1) is 34.7 Å². The van der Waals surface area contributed by atoms with Crippen LogP contribution >= 0.6 is 0 Å². The van der Waals surface area contributed by atoms with Gasteiger partial charge in [-0.15, -0.1) is 0 Å². The van der Waals surface area contributed by atoms with Crippen LogP contribution in [0.25, 0.3) is 22.3 Å². The summed E-state index contributed by atoms with van der Waals surface area (Å²) < 4.78 is 73.0. The molecular formula is C25H15F5N6O2. The summed E-state index contributed by atoms with van der Waals surface area (Å²) in [6.45, 7) is 0. The molecule has 0 fully saturated rings. The van der Waals surface area contributed by atoms with Crippen LogP contribution in [0.5, 0.6) is 11.5 Å². The van der Waals surface area contributed by atoms with E-state index in [4.69, 9.17) is 4.74 Å². The first-order valence-electron chi connectivity index (χ1n) is 10.8. The first kappa shape index (κ1) is 24.6. The molecule has 2 aromatic heterocycles. The number of ether oxygens (including phenoxy) is 1. The SMILES string of the molecule is O=C(Nc1cccc(C(F)(F)F)c1)Nc1cc(F)c(F)c(Oc2ccc3ncc(-c4cn[nH]c4)nc3c2)c1. The Kier molecular flexibility index (Phi) is 6.33. The Morgan fingerprint density at radius 2 is 1.74 bits per heavy atom. The van der Waals surface area contributed by atoms with Crippen LogP contribution in [0, 0.1) is 11.6 Å². The van der Waals surface area contributed by atoms with E-state index < -0.39 is 35.2 Å². The number of aromatic nitrogens is 4. The standard InChI is InChI=1S/C25H15F5N6O2/c26-18-7-16(35-24(37)34-15-3-1-2-14(6-15)25(28,29)30)8-22(23(18)27)38-17-4-5-19-20(9-17)36-21(12-31-19)13-10-32-33-11-13/h1-12H,(H,32,33)(H2,34,35,37). The van der Waals surface area contributed by atoms with Crippen molar-refractivity contribution in [1.82, 2.24) is 20.2 Å². The highest BCUT2D eigenvalue weighted by atomic mass is 19.4. The van der Waals surface area contributed by atoms with Crippen LogP contribution in [0.4, 0.5) is 38.1 Å². The molecule has 0 saturated heterocycles. The summed E-state index contributed by atoms with van der Waals surface area (Å²) in [6.07, 6.45) is 0.157. The molecule has 2 amide bonds. The Labute approximate surface area is 210 Å². The summed E-state index contributed by atoms with van der Waals surface area (Å²) in [5, 5.41) is 11.0. The van der Waals surface area contributed by atoms with Gasteiger partial charge in [-0.2, -0.15) is 22.7 Å². The van der Waals surface area contributed by atoms with Crippen molar-refractivity contribution in [2.24, 2.45) is 0 Å². The number of hydrogen-bond donors (Lipinski definition) is 3. The average Bonchev–Trinajstić information content (AvgIpc) is 3.41. The van der Waals surface area contributed by atoms with Crippen LogP contribution in [0.2, 0.25) is 0 Å². The van der Waals surface area contributed by atoms with Crippen molar-refractivity contribution in [3.05, 3.63) is 90.4 Å². The highest BCUT2D eigenvalue weighted by Crippen LogP contribution is 2.32. The second-order valence-electron chi connectivity index (χ2n) is 7.92. The third-order valence-electron chi connectivity index (χ3n) is 5.24. The van der Waals surface area contributed by atoms with Gasteiger partial charge in [0.25, 0.3) is 0 Å². The van der Waals surface area contributed by atoms with Crippen LogP contribution in [0.3, 0.4) is 0 Å². The molecule has 192 valence electrons. The molecule has 3 N–H and O–H groups in total. The lowest BCUT2D eigenvalue weighted by Crippen LogP contribution is -2.20. The molecule has 0 spiro atoms. The fourth-order valence-electron chi connectivity index (χ4n) is 3.49. The number of benzene rings is 3. The number of amides is 2. The van der Waals surface area contributed by atoms with Crippen LogP contribution in [0.1, 0.15) is 5.56 Å². The molecule has 5 aromatic rings. The predicted octanol–water partition coefficient (Wildman–Crippen LogP) is 6.75. The third-order valence-corrected chi connectivity index (χ3v) is 5.24. The second kappa shape index (κ2) is 9.76. The van der Waals surface area contributed by atoms with E-state index in [2.05, 4.69) is 30.8 Å². The number of H-pyrrole nitrogens is 1. The molecule has 0 aliphatic heterocycles. The van der Waals surface area contributed by atoms with E-state index >= 15 is 0 Å². The lowest BCUT2D eigenvalue weighted by Gasteiger charge is -2.13. The first-order valence-corrected chi connectivity index (χ1v) is 10.8. The fraction of sp³-hybridized carbons (Fsp3) is 0.0400. The minimum absolute atomic E-state index is 0.111. The molecule has 3 aromatic carbocycles. The number of rotatable bonds is 5. The Bertz CT molecular complexity index is 1640. The Balaban J connectivity index is 1.35. The smallest absolute Gasteiger partial charge is 0.416 e. The number of anilines is 2. The van der Waals surface area contributed by atoms with Crippen molar-refractivity contribution >= 4 is 28.4 Å². The average molecular weight is 526 g/mol. The van der Waals surface area contributed by atoms with Gasteiger partial charge in [0.2, 0.25) is 5.82 Å². The summed E-state index contributed by atoms with van der Waals surface area (Å²) in [4.78, 5) is 21.1. The molecule has 0 saturated carbocycles. The highest BCUT2D eigenvalue weighted by Gasteiger charge is 2.30. The van der Waals surface area contributed by atoms with Crippen molar-refractivity contribution in [2.75, 3.05) is 10.6 Å². The van der Waals surface area contributed by atoms with E-state index in [1.165, 1.54) is 18.2 Å². The highest BCUT2D eigenvalue weighted by molar-refractivity contribution is 5.99. The van der Waals surface area contributed by atoms with Gasteiger partial charge in [-0.3, -0.25) is 10.1 Å². The van der Waals surface area contributed by atoms with E-state index in [-0.39, 0.29) is 17.1 Å². The van der Waals surface area contributed by atoms with E-state index in [0.29, 0.717) is 28.4 Å². The molecule has 0 aliphatic rings. The van der Waals surface area contributed by atoms with Crippen LogP contribution in [0.15, 0.2) is 73.2 Å². The minimum Gasteiger partial charge on any atom is -0.454 e. The van der Waals surface area contributed by atoms with E-state index in [9.17, 15) is 26.7 Å². The maximum Gasteiger partial charge on any atom is 0.416 e. The molecule has 0 radical (unpaired) electrons. The topological polar surface area (TPSA) is 105 Å². The zero-order chi connectivity index (χ0) is 26.9. The molecule has 5 rings (SSSR count). The zero-order valence-electron chi connectivity index (χ0n) is 19.0. The maximum atomic E-state index is 14.5. The van der Waals surface area contributed by atoms with Gasteiger partial charge in [0.15, 0.2) is 11.6 Å². The lowest BCUT2D eigenvalue weighted by molar-refractivity contribution is -0.137. The monoisotopic (exact) mass is 526 g/mol. The van der Waals surface area contributed by atoms with Crippen LogP contribution < -0.4 is 15.4 Å². The molecule has 38 heavy (non-hydrogen) atoms. The van der Waals surface area contributed by atoms with Gasteiger partial charge in [0.1, 0.15) is 5.75 Å². The number of nitrogens with one attached hydrogen (secondary N) is 3. The van der Waals surface area contributed by atoms with E-state index in [0.717, 1.165) is 24.3 Å². The largest absolute Gasteiger partial charge is 0.454 e. The number of hydrogen-bond acceptors (Lipinski definition) is 5. The molecule has 13 heteroatoms. The number of urea groups is 1. The van der Waals surface area contributed by atoms with Gasteiger partial charge in [-0.1, -0.05) is 6.07 Å². The number of nitrogens with zero attached hydrogens (tertiary/aromatic N) is 3. The molecule has 0 aliphatic carbocycles. The summed E-state index contributed by atoms with van der Waals surface area (Å²) in [5.41, 5.74) is 0.847. The van der Waals surface area contributed by atoms with E-state index in [1.807, 2.05) is 0 Å². The molecule has 0 unspecified atom stereocenters. The van der Waals surface area contributed by atoms with E-state index in [1.54, 1.807) is 24.7 Å². The zero-order valence-corrected chi connectivity index (χ0v) is 19.0. The van der Waals surface area contributed by atoms with Gasteiger partial charge < -0.3 is 15.4 Å². The molecule has 0 atom stereocenters. The number of alkyl halides is 3. The molecule has 2 heterocycles. The third kappa shape index (κ3) is 5.36. The van der Waals surface area contributed by atoms with Gasteiger partial charge in [-0.25, -0.2) is 14.2 Å². The van der Waals surface area contributed by atoms with Crippen LogP contribution in [-0.4, -0.2) is 26.2 Å². The molecule has 8 nitrogen and oxygen atoms in total. The summed E-state index contributed by atoms with van der Waals surface area (Å²) in [5.74, 6) is -3.07. The lowest BCUT2D eigenvalue weighted by atomic mass is 10.2. The summed E-state index contributed by atoms with van der Waals surface area (Å²) in [7, 11) is 0. The summed E-state index contributed by atoms with van der Waals surface area (Å²) in [6, 6.07) is 9.24. The van der Waals surface area contributed by atoms with Gasteiger partial charge in [-0.05, 0) is 30.3 Å². The number of carbonyl (C=O) groups excluding carboxylic acids is 1. The van der Waals surface area contributed by atoms with Crippen molar-refractivity contribution in [1.29, 1.82) is 0 Å². The number of fused-ring (bicyclic) bond motifs is 1. The first-order chi connectivity index (χ1) is 18.2. The normalized spacial score (nSPS) is 11.4. The summed E-state index contributed by atoms with van der Waals surface area (Å²) >= 11 is 0. The Morgan fingerprint density at radius 3 is 2.50 bits per heavy atom. The maximum absolute atomic E-state index is 14.5. The minimum atomic E-state index is -4.60. The predicted molar refractivity (Wildman–Crippen MR) is 128 cm³/mol. The Morgan fingerprint density at radius 1 is 0.921 bits per heavy atom. The van der Waals surface area contributed by atoms with Crippen molar-refractivity contribution in [2.45, 2.75) is 6.18 Å². The quantitative estimate of drug-likeness (QED) is 0.220.